The average molecular weight is 309 g/mol. The second-order valence-electron chi connectivity index (χ2n) is 6.98. The molecule has 0 spiro atoms. The molecule has 0 bridgehead atoms. The molecule has 2 fully saturated rings. The molecule has 3 atom stereocenters. The van der Waals surface area contributed by atoms with Gasteiger partial charge in [0.2, 0.25) is 5.89 Å². The molecule has 6 heteroatoms. The van der Waals surface area contributed by atoms with Crippen molar-refractivity contribution in [1.82, 2.24) is 15.0 Å². The van der Waals surface area contributed by atoms with Crippen LogP contribution < -0.4 is 0 Å². The number of aliphatic hydroxyl groups is 1. The smallest absolute Gasteiger partial charge is 0.240 e. The zero-order valence-corrected chi connectivity index (χ0v) is 13.6. The Balaban J connectivity index is 1.62. The molecule has 2 saturated heterocycles. The molecule has 0 aliphatic carbocycles. The van der Waals surface area contributed by atoms with E-state index in [9.17, 15) is 5.11 Å². The van der Waals surface area contributed by atoms with Crippen molar-refractivity contribution in [2.75, 3.05) is 19.8 Å². The molecule has 3 rings (SSSR count). The Hall–Kier alpha value is -0.980. The van der Waals surface area contributed by atoms with Crippen molar-refractivity contribution in [3.8, 4) is 0 Å². The fraction of sp³-hybridized carbons (Fsp3) is 0.875. The number of likely N-dealkylation sites (tertiary alicyclic amines) is 1. The fourth-order valence-corrected chi connectivity index (χ4v) is 3.63. The van der Waals surface area contributed by atoms with Gasteiger partial charge in [-0.25, -0.2) is 0 Å². The highest BCUT2D eigenvalue weighted by molar-refractivity contribution is 4.93. The number of aliphatic hydroxyl groups excluding tert-OH is 1. The Morgan fingerprint density at radius 2 is 2.23 bits per heavy atom. The van der Waals surface area contributed by atoms with Crippen molar-refractivity contribution in [1.29, 1.82) is 0 Å². The van der Waals surface area contributed by atoms with Crippen LogP contribution in [0.5, 0.6) is 0 Å². The van der Waals surface area contributed by atoms with Crippen LogP contribution in [-0.4, -0.2) is 52.1 Å². The molecule has 1 aromatic rings. The highest BCUT2D eigenvalue weighted by Crippen LogP contribution is 2.30. The molecular formula is C16H27N3O3. The van der Waals surface area contributed by atoms with Crippen molar-refractivity contribution >= 4 is 0 Å². The van der Waals surface area contributed by atoms with Crippen LogP contribution in [0.1, 0.15) is 44.8 Å². The zero-order valence-electron chi connectivity index (χ0n) is 13.6. The van der Waals surface area contributed by atoms with Gasteiger partial charge in [-0.3, -0.25) is 4.90 Å². The van der Waals surface area contributed by atoms with Crippen molar-refractivity contribution in [2.45, 2.75) is 58.2 Å². The molecule has 3 heterocycles. The molecule has 0 radical (unpaired) electrons. The Labute approximate surface area is 131 Å². The van der Waals surface area contributed by atoms with E-state index in [1.807, 2.05) is 0 Å². The minimum Gasteiger partial charge on any atom is -0.393 e. The molecule has 22 heavy (non-hydrogen) atoms. The maximum absolute atomic E-state index is 10.3. The summed E-state index contributed by atoms with van der Waals surface area (Å²) in [5, 5.41) is 14.3. The Kier molecular flexibility index (Phi) is 5.10. The highest BCUT2D eigenvalue weighted by Gasteiger charge is 2.38. The van der Waals surface area contributed by atoms with Gasteiger partial charge in [0.15, 0.2) is 5.82 Å². The molecule has 0 saturated carbocycles. The molecule has 2 aliphatic heterocycles. The second-order valence-corrected chi connectivity index (χ2v) is 6.98. The molecule has 2 aliphatic rings. The quantitative estimate of drug-likeness (QED) is 0.891. The van der Waals surface area contributed by atoms with Crippen LogP contribution in [0.4, 0.5) is 0 Å². The van der Waals surface area contributed by atoms with Crippen LogP contribution in [0.2, 0.25) is 0 Å². The van der Waals surface area contributed by atoms with Crippen LogP contribution in [0.25, 0.3) is 0 Å². The summed E-state index contributed by atoms with van der Waals surface area (Å²) in [7, 11) is 0. The molecular weight excluding hydrogens is 282 g/mol. The van der Waals surface area contributed by atoms with Crippen molar-refractivity contribution in [2.24, 2.45) is 11.8 Å². The lowest BCUT2D eigenvalue weighted by molar-refractivity contribution is -0.0644. The molecule has 0 amide bonds. The summed E-state index contributed by atoms with van der Waals surface area (Å²) < 4.78 is 11.0. The van der Waals surface area contributed by atoms with E-state index in [-0.39, 0.29) is 12.0 Å². The summed E-state index contributed by atoms with van der Waals surface area (Å²) in [6.07, 6.45) is 3.60. The van der Waals surface area contributed by atoms with Crippen molar-refractivity contribution < 1.29 is 14.4 Å². The van der Waals surface area contributed by atoms with Crippen LogP contribution in [0.15, 0.2) is 4.52 Å². The molecule has 1 N–H and O–H groups in total. The van der Waals surface area contributed by atoms with Gasteiger partial charge in [0.1, 0.15) is 0 Å². The molecule has 0 unspecified atom stereocenters. The summed E-state index contributed by atoms with van der Waals surface area (Å²) in [5.74, 6) is 2.21. The van der Waals surface area contributed by atoms with Crippen LogP contribution in [0.3, 0.4) is 0 Å². The van der Waals surface area contributed by atoms with Gasteiger partial charge < -0.3 is 14.4 Å². The van der Waals surface area contributed by atoms with E-state index in [1.165, 1.54) is 0 Å². The van der Waals surface area contributed by atoms with Crippen molar-refractivity contribution in [3.63, 3.8) is 0 Å². The maximum Gasteiger partial charge on any atom is 0.240 e. The van der Waals surface area contributed by atoms with Gasteiger partial charge in [0.05, 0.1) is 19.3 Å². The number of ether oxygens (including phenoxy) is 1. The number of hydrogen-bond acceptors (Lipinski definition) is 6. The number of rotatable bonds is 5. The summed E-state index contributed by atoms with van der Waals surface area (Å²) in [6.45, 7) is 7.33. The molecule has 6 nitrogen and oxygen atoms in total. The number of hydrogen-bond donors (Lipinski definition) is 1. The lowest BCUT2D eigenvalue weighted by Gasteiger charge is -2.36. The van der Waals surface area contributed by atoms with Gasteiger partial charge in [-0.1, -0.05) is 19.0 Å². The van der Waals surface area contributed by atoms with Gasteiger partial charge in [-0.2, -0.15) is 4.98 Å². The topological polar surface area (TPSA) is 71.6 Å². The Bertz CT molecular complexity index is 477. The normalized spacial score (nSPS) is 30.3. The third kappa shape index (κ3) is 3.67. The first-order chi connectivity index (χ1) is 10.6. The Morgan fingerprint density at radius 1 is 1.36 bits per heavy atom. The third-order valence-electron chi connectivity index (χ3n) is 4.71. The summed E-state index contributed by atoms with van der Waals surface area (Å²) in [4.78, 5) is 6.87. The third-order valence-corrected chi connectivity index (χ3v) is 4.71. The van der Waals surface area contributed by atoms with Gasteiger partial charge in [0.25, 0.3) is 0 Å². The predicted molar refractivity (Wildman–Crippen MR) is 81.2 cm³/mol. The lowest BCUT2D eigenvalue weighted by atomic mass is 9.89. The van der Waals surface area contributed by atoms with Crippen LogP contribution in [-0.2, 0) is 17.7 Å². The van der Waals surface area contributed by atoms with E-state index in [2.05, 4.69) is 28.9 Å². The van der Waals surface area contributed by atoms with E-state index < -0.39 is 0 Å². The molecule has 124 valence electrons. The maximum atomic E-state index is 10.3. The SMILES string of the molecule is CC(C)Cc1noc(CN2CCC[C@@H]2[C@H]2COCC[C@H]2O)n1. The summed E-state index contributed by atoms with van der Waals surface area (Å²) >= 11 is 0. The van der Waals surface area contributed by atoms with Gasteiger partial charge in [-0.05, 0) is 31.7 Å². The first-order valence-corrected chi connectivity index (χ1v) is 8.45. The van der Waals surface area contributed by atoms with E-state index in [1.54, 1.807) is 0 Å². The second kappa shape index (κ2) is 7.06. The standard InChI is InChI=1S/C16H27N3O3/c1-11(2)8-15-17-16(22-18-15)9-19-6-3-4-13(19)12-10-21-7-5-14(12)20/h11-14,20H,3-10H2,1-2H3/t12-,13-,14-/m1/s1. The molecule has 0 aromatic carbocycles. The zero-order chi connectivity index (χ0) is 15.5. The van der Waals surface area contributed by atoms with Gasteiger partial charge in [0, 0.05) is 25.0 Å². The molecule has 1 aromatic heterocycles. The minimum atomic E-state index is -0.251. The fourth-order valence-electron chi connectivity index (χ4n) is 3.63. The summed E-state index contributed by atoms with van der Waals surface area (Å²) in [6, 6.07) is 0.357. The van der Waals surface area contributed by atoms with Crippen LogP contribution in [0, 0.1) is 11.8 Å². The van der Waals surface area contributed by atoms with E-state index >= 15 is 0 Å². The summed E-state index contributed by atoms with van der Waals surface area (Å²) in [5.41, 5.74) is 0. The first kappa shape index (κ1) is 15.9. The van der Waals surface area contributed by atoms with E-state index in [0.29, 0.717) is 37.6 Å². The van der Waals surface area contributed by atoms with Crippen LogP contribution >= 0.6 is 0 Å². The van der Waals surface area contributed by atoms with Gasteiger partial charge >= 0.3 is 0 Å². The van der Waals surface area contributed by atoms with Crippen molar-refractivity contribution in [3.05, 3.63) is 11.7 Å². The monoisotopic (exact) mass is 309 g/mol. The Morgan fingerprint density at radius 3 is 3.00 bits per heavy atom. The average Bonchev–Trinajstić information content (AvgIpc) is 3.09. The van der Waals surface area contributed by atoms with Gasteiger partial charge in [-0.15, -0.1) is 0 Å². The highest BCUT2D eigenvalue weighted by atomic mass is 16.5. The first-order valence-electron chi connectivity index (χ1n) is 8.45. The number of nitrogens with zero attached hydrogens (tertiary/aromatic N) is 3. The minimum absolute atomic E-state index is 0.203. The largest absolute Gasteiger partial charge is 0.393 e. The predicted octanol–water partition coefficient (Wildman–Crippen LogP) is 1.63. The van der Waals surface area contributed by atoms with E-state index in [4.69, 9.17) is 9.26 Å². The number of aromatic nitrogens is 2. The lowest BCUT2D eigenvalue weighted by Crippen LogP contribution is -2.45. The van der Waals surface area contributed by atoms with E-state index in [0.717, 1.165) is 38.1 Å².